The normalized spacial score (nSPS) is 10.6. The van der Waals surface area contributed by atoms with Crippen molar-refractivity contribution in [3.8, 4) is 0 Å². The van der Waals surface area contributed by atoms with Crippen molar-refractivity contribution in [3.05, 3.63) is 24.3 Å². The van der Waals surface area contributed by atoms with Crippen LogP contribution in [0.5, 0.6) is 0 Å². The van der Waals surface area contributed by atoms with Crippen molar-refractivity contribution in [1.82, 2.24) is 9.55 Å². The number of para-hydroxylation sites is 2. The molecule has 1 aromatic carbocycles. The van der Waals surface area contributed by atoms with Gasteiger partial charge in [-0.2, -0.15) is 0 Å². The van der Waals surface area contributed by atoms with E-state index in [2.05, 4.69) is 40.0 Å². The third-order valence-electron chi connectivity index (χ3n) is 3.76. The van der Waals surface area contributed by atoms with E-state index in [1.807, 2.05) is 6.07 Å². The summed E-state index contributed by atoms with van der Waals surface area (Å²) in [6.45, 7) is 4.22. The number of anilines is 1. The molecule has 2 rings (SSSR count). The maximum atomic E-state index is 8.91. The summed E-state index contributed by atoms with van der Waals surface area (Å²) in [7, 11) is 0. The third-order valence-corrected chi connectivity index (χ3v) is 3.76. The number of nitrogens with one attached hydrogen (secondary N) is 1. The topological polar surface area (TPSA) is 50.1 Å². The average Bonchev–Trinajstić information content (AvgIpc) is 2.85. The number of halogens is 1. The quantitative estimate of drug-likeness (QED) is 0.611. The number of benzene rings is 1. The highest BCUT2D eigenvalue weighted by Gasteiger charge is 2.09. The summed E-state index contributed by atoms with van der Waals surface area (Å²) in [6.07, 6.45) is 7.13. The zero-order valence-corrected chi connectivity index (χ0v) is 15.1. The molecule has 5 heteroatoms. The summed E-state index contributed by atoms with van der Waals surface area (Å²) >= 11 is 0. The molecule has 0 amide bonds. The molecule has 0 unspecified atom stereocenters. The smallest absolute Gasteiger partial charge is 0.203 e. The highest BCUT2D eigenvalue weighted by Crippen LogP contribution is 2.20. The molecule has 0 aliphatic rings. The van der Waals surface area contributed by atoms with E-state index in [0.29, 0.717) is 0 Å². The van der Waals surface area contributed by atoms with Crippen molar-refractivity contribution in [2.45, 2.75) is 52.0 Å². The second-order valence-corrected chi connectivity index (χ2v) is 5.49. The fourth-order valence-electron chi connectivity index (χ4n) is 2.59. The van der Waals surface area contributed by atoms with Gasteiger partial charge >= 0.3 is 0 Å². The minimum absolute atomic E-state index is 0. The number of aliphatic hydroxyl groups is 1. The van der Waals surface area contributed by atoms with E-state index >= 15 is 0 Å². The molecule has 0 aliphatic carbocycles. The van der Waals surface area contributed by atoms with Crippen LogP contribution < -0.4 is 5.32 Å². The Balaban J connectivity index is 0.00000242. The molecule has 0 spiro atoms. The summed E-state index contributed by atoms with van der Waals surface area (Å²) in [6, 6.07) is 8.28. The van der Waals surface area contributed by atoms with Gasteiger partial charge in [0.25, 0.3) is 0 Å². The molecular weight excluding hydrogens is 342 g/mol. The maximum Gasteiger partial charge on any atom is 0.203 e. The van der Waals surface area contributed by atoms with Crippen LogP contribution in [0.2, 0.25) is 0 Å². The lowest BCUT2D eigenvalue weighted by molar-refractivity contribution is 0.292. The van der Waals surface area contributed by atoms with E-state index in [0.717, 1.165) is 31.0 Å². The molecule has 0 aliphatic heterocycles. The van der Waals surface area contributed by atoms with Crippen molar-refractivity contribution in [2.24, 2.45) is 0 Å². The lowest BCUT2D eigenvalue weighted by Crippen LogP contribution is -2.10. The van der Waals surface area contributed by atoms with Crippen molar-refractivity contribution >= 4 is 34.0 Å². The summed E-state index contributed by atoms with van der Waals surface area (Å²) in [4.78, 5) is 4.67. The van der Waals surface area contributed by atoms with Crippen LogP contribution in [0, 0.1) is 0 Å². The second kappa shape index (κ2) is 10.6. The minimum Gasteiger partial charge on any atom is -0.396 e. The Labute approximate surface area is 143 Å². The number of rotatable bonds is 10. The van der Waals surface area contributed by atoms with E-state index in [-0.39, 0.29) is 23.6 Å². The van der Waals surface area contributed by atoms with Gasteiger partial charge in [-0.25, -0.2) is 4.98 Å². The molecular formula is C17H28BrN3O. The van der Waals surface area contributed by atoms with Crippen molar-refractivity contribution in [2.75, 3.05) is 18.5 Å². The third kappa shape index (κ3) is 5.29. The molecule has 22 heavy (non-hydrogen) atoms. The van der Waals surface area contributed by atoms with E-state index < -0.39 is 0 Å². The monoisotopic (exact) mass is 369 g/mol. The van der Waals surface area contributed by atoms with Crippen LogP contribution in [0.3, 0.4) is 0 Å². The molecule has 124 valence electrons. The summed E-state index contributed by atoms with van der Waals surface area (Å²) in [5.41, 5.74) is 2.23. The highest BCUT2D eigenvalue weighted by atomic mass is 79.9. The van der Waals surface area contributed by atoms with Crippen LogP contribution in [0.15, 0.2) is 24.3 Å². The predicted molar refractivity (Wildman–Crippen MR) is 99.0 cm³/mol. The molecule has 1 heterocycles. The largest absolute Gasteiger partial charge is 0.396 e. The lowest BCUT2D eigenvalue weighted by atomic mass is 10.1. The number of hydrogen-bond donors (Lipinski definition) is 2. The fraction of sp³-hybridized carbons (Fsp3) is 0.588. The van der Waals surface area contributed by atoms with Gasteiger partial charge in [0.2, 0.25) is 5.95 Å². The van der Waals surface area contributed by atoms with Crippen molar-refractivity contribution in [3.63, 3.8) is 0 Å². The first kappa shape index (κ1) is 19.0. The van der Waals surface area contributed by atoms with Crippen LogP contribution >= 0.6 is 17.0 Å². The molecule has 0 bridgehead atoms. The summed E-state index contributed by atoms with van der Waals surface area (Å²) in [5.74, 6) is 0.931. The van der Waals surface area contributed by atoms with Gasteiger partial charge < -0.3 is 15.0 Å². The summed E-state index contributed by atoms with van der Waals surface area (Å²) < 4.78 is 2.28. The van der Waals surface area contributed by atoms with Gasteiger partial charge in [-0.1, -0.05) is 44.7 Å². The minimum atomic E-state index is 0. The first-order chi connectivity index (χ1) is 10.4. The average molecular weight is 370 g/mol. The predicted octanol–water partition coefficient (Wildman–Crippen LogP) is 4.38. The number of unbranched alkanes of at least 4 members (excludes halogenated alkanes) is 4. The van der Waals surface area contributed by atoms with Crippen LogP contribution in [0.1, 0.15) is 45.4 Å². The molecule has 0 saturated heterocycles. The Hall–Kier alpha value is -1.07. The van der Waals surface area contributed by atoms with Gasteiger partial charge in [-0.15, -0.1) is 17.0 Å². The standard InChI is InChI=1S/C17H27N3O.BrH/c1-2-3-4-5-8-13-20-16-11-7-6-10-15(16)19-17(20)18-12-9-14-21;/h6-7,10-11,21H,2-5,8-9,12-14H2,1H3,(H,18,19);1H. The van der Waals surface area contributed by atoms with Crippen LogP contribution in [0.4, 0.5) is 5.95 Å². The number of nitrogens with zero attached hydrogens (tertiary/aromatic N) is 2. The highest BCUT2D eigenvalue weighted by molar-refractivity contribution is 8.93. The lowest BCUT2D eigenvalue weighted by Gasteiger charge is -2.10. The molecule has 2 N–H and O–H groups in total. The van der Waals surface area contributed by atoms with Gasteiger partial charge in [0.15, 0.2) is 0 Å². The van der Waals surface area contributed by atoms with Gasteiger partial charge in [0, 0.05) is 19.7 Å². The zero-order valence-electron chi connectivity index (χ0n) is 13.4. The van der Waals surface area contributed by atoms with Crippen LogP contribution in [-0.4, -0.2) is 27.8 Å². The molecule has 2 aromatic rings. The number of aryl methyl sites for hydroxylation is 1. The Bertz CT molecular complexity index is 542. The van der Waals surface area contributed by atoms with Gasteiger partial charge in [0.1, 0.15) is 0 Å². The summed E-state index contributed by atoms with van der Waals surface area (Å²) in [5, 5.41) is 12.3. The SMILES string of the molecule is Br.CCCCCCCn1c(NCCCO)nc2ccccc21. The molecule has 0 saturated carbocycles. The van der Waals surface area contributed by atoms with E-state index in [9.17, 15) is 0 Å². The van der Waals surface area contributed by atoms with Gasteiger partial charge in [0.05, 0.1) is 11.0 Å². The molecule has 4 nitrogen and oxygen atoms in total. The molecule has 0 fully saturated rings. The van der Waals surface area contributed by atoms with Crippen LogP contribution in [0.25, 0.3) is 11.0 Å². The van der Waals surface area contributed by atoms with Crippen molar-refractivity contribution in [1.29, 1.82) is 0 Å². The maximum absolute atomic E-state index is 8.91. The Morgan fingerprint density at radius 1 is 1.09 bits per heavy atom. The number of fused-ring (bicyclic) bond motifs is 1. The Morgan fingerprint density at radius 3 is 2.64 bits per heavy atom. The molecule has 0 atom stereocenters. The first-order valence-corrected chi connectivity index (χ1v) is 8.16. The van der Waals surface area contributed by atoms with E-state index in [1.54, 1.807) is 0 Å². The van der Waals surface area contributed by atoms with Gasteiger partial charge in [-0.05, 0) is 25.0 Å². The van der Waals surface area contributed by atoms with E-state index in [4.69, 9.17) is 5.11 Å². The molecule has 0 radical (unpaired) electrons. The second-order valence-electron chi connectivity index (χ2n) is 5.49. The van der Waals surface area contributed by atoms with Gasteiger partial charge in [-0.3, -0.25) is 0 Å². The first-order valence-electron chi connectivity index (χ1n) is 8.16. The Morgan fingerprint density at radius 2 is 1.86 bits per heavy atom. The Kier molecular flexibility index (Phi) is 9.16. The number of imidazole rings is 1. The van der Waals surface area contributed by atoms with E-state index in [1.165, 1.54) is 37.6 Å². The number of aromatic nitrogens is 2. The molecule has 1 aromatic heterocycles. The van der Waals surface area contributed by atoms with Crippen LogP contribution in [-0.2, 0) is 6.54 Å². The van der Waals surface area contributed by atoms with Crippen molar-refractivity contribution < 1.29 is 5.11 Å². The number of hydrogen-bond acceptors (Lipinski definition) is 3. The number of aliphatic hydroxyl groups excluding tert-OH is 1. The zero-order chi connectivity index (χ0) is 14.9. The fourth-order valence-corrected chi connectivity index (χ4v) is 2.59.